The van der Waals surface area contributed by atoms with Gasteiger partial charge in [-0.15, -0.1) is 10.6 Å². The van der Waals surface area contributed by atoms with Crippen LogP contribution in [0.25, 0.3) is 0 Å². The summed E-state index contributed by atoms with van der Waals surface area (Å²) < 4.78 is 0. The smallest absolute Gasteiger partial charge is 0.176 e. The minimum absolute atomic E-state index is 0.723. The highest BCUT2D eigenvalue weighted by atomic mass is 32.2. The third-order valence-electron chi connectivity index (χ3n) is 4.59. The summed E-state index contributed by atoms with van der Waals surface area (Å²) in [5.74, 6) is 2.91. The van der Waals surface area contributed by atoms with Crippen LogP contribution in [0.1, 0.15) is 27.9 Å². The topological polar surface area (TPSA) is 68.3 Å². The highest BCUT2D eigenvalue weighted by molar-refractivity contribution is 7.98. The fraction of sp³-hybridized carbons (Fsp3) is 0.238. The molecule has 1 aliphatic heterocycles. The number of nitrogens with one attached hydrogen (secondary N) is 3. The van der Waals surface area contributed by atoms with Gasteiger partial charge >= 0.3 is 0 Å². The van der Waals surface area contributed by atoms with E-state index in [0.717, 1.165) is 41.6 Å². The van der Waals surface area contributed by atoms with Crippen molar-refractivity contribution in [2.45, 2.75) is 25.6 Å². The molecule has 28 heavy (non-hydrogen) atoms. The Labute approximate surface area is 169 Å². The summed E-state index contributed by atoms with van der Waals surface area (Å²) in [7, 11) is 0. The van der Waals surface area contributed by atoms with Crippen molar-refractivity contribution in [2.75, 3.05) is 5.75 Å². The fourth-order valence-electron chi connectivity index (χ4n) is 3.20. The molecule has 3 N–H and O–H groups in total. The molecule has 0 amide bonds. The van der Waals surface area contributed by atoms with Crippen LogP contribution >= 0.6 is 11.8 Å². The first-order valence-electron chi connectivity index (χ1n) is 9.35. The molecule has 7 heteroatoms. The van der Waals surface area contributed by atoms with Crippen LogP contribution in [0.15, 0.2) is 65.9 Å². The lowest BCUT2D eigenvalue weighted by molar-refractivity contribution is 0.288. The van der Waals surface area contributed by atoms with Gasteiger partial charge in [0.1, 0.15) is 0 Å². The second-order valence-corrected chi connectivity index (χ2v) is 7.89. The molecule has 0 atom stereocenters. The van der Waals surface area contributed by atoms with E-state index in [1.807, 2.05) is 23.0 Å². The molecule has 144 valence electrons. The standard InChI is InChI=1S/C21H24N6S/c1-16-6-5-9-18(12-16)14-27-21(24-25-26-27)19-13-22-23-20(19)10-11-28-15-17-7-3-2-4-8-17/h2-9,12-13,25-26H,10-11,14-15H2,1H3,(H,22,23). The highest BCUT2D eigenvalue weighted by Crippen LogP contribution is 2.18. The number of hydrogen-bond acceptors (Lipinski definition) is 6. The predicted molar refractivity (Wildman–Crippen MR) is 114 cm³/mol. The van der Waals surface area contributed by atoms with Crippen molar-refractivity contribution >= 4 is 17.6 Å². The molecule has 1 aliphatic rings. The number of aromatic nitrogens is 2. The summed E-state index contributed by atoms with van der Waals surface area (Å²) in [5.41, 5.74) is 12.0. The summed E-state index contributed by atoms with van der Waals surface area (Å²) in [6.07, 6.45) is 2.78. The summed E-state index contributed by atoms with van der Waals surface area (Å²) in [4.78, 5) is 0. The van der Waals surface area contributed by atoms with E-state index in [9.17, 15) is 0 Å². The van der Waals surface area contributed by atoms with Crippen LogP contribution in [0, 0.1) is 6.92 Å². The van der Waals surface area contributed by atoms with Gasteiger partial charge in [-0.25, -0.2) is 5.53 Å². The van der Waals surface area contributed by atoms with E-state index in [1.54, 1.807) is 0 Å². The van der Waals surface area contributed by atoms with Crippen LogP contribution in [0.5, 0.6) is 0 Å². The molecule has 3 aromatic rings. The number of aromatic amines is 1. The maximum absolute atomic E-state index is 4.43. The Morgan fingerprint density at radius 2 is 1.89 bits per heavy atom. The van der Waals surface area contributed by atoms with E-state index in [0.29, 0.717) is 0 Å². The monoisotopic (exact) mass is 392 g/mol. The maximum Gasteiger partial charge on any atom is 0.176 e. The van der Waals surface area contributed by atoms with Gasteiger partial charge in [0.05, 0.1) is 18.3 Å². The summed E-state index contributed by atoms with van der Waals surface area (Å²) in [6, 6.07) is 19.1. The van der Waals surface area contributed by atoms with Gasteiger partial charge in [-0.1, -0.05) is 60.2 Å². The molecule has 0 saturated heterocycles. The van der Waals surface area contributed by atoms with Crippen molar-refractivity contribution in [3.8, 4) is 0 Å². The van der Waals surface area contributed by atoms with Gasteiger partial charge in [0, 0.05) is 11.4 Å². The third kappa shape index (κ3) is 4.55. The maximum atomic E-state index is 4.43. The third-order valence-corrected chi connectivity index (χ3v) is 5.62. The number of hydrogen-bond donors (Lipinski definition) is 3. The highest BCUT2D eigenvalue weighted by Gasteiger charge is 2.22. The van der Waals surface area contributed by atoms with Crippen LogP contribution in [0.4, 0.5) is 0 Å². The van der Waals surface area contributed by atoms with Gasteiger partial charge in [-0.3, -0.25) is 10.1 Å². The van der Waals surface area contributed by atoms with E-state index in [1.165, 1.54) is 16.7 Å². The summed E-state index contributed by atoms with van der Waals surface area (Å²) in [5, 5.41) is 13.9. The Kier molecular flexibility index (Phi) is 5.94. The van der Waals surface area contributed by atoms with Gasteiger partial charge in [0.15, 0.2) is 5.84 Å². The zero-order chi connectivity index (χ0) is 19.2. The van der Waals surface area contributed by atoms with E-state index in [4.69, 9.17) is 0 Å². The van der Waals surface area contributed by atoms with Crippen LogP contribution in [-0.4, -0.2) is 26.8 Å². The Hall–Kier alpha value is -2.77. The second-order valence-electron chi connectivity index (χ2n) is 6.78. The van der Waals surface area contributed by atoms with Crippen LogP contribution in [-0.2, 0) is 18.7 Å². The van der Waals surface area contributed by atoms with Crippen molar-refractivity contribution in [1.29, 1.82) is 0 Å². The molecule has 0 bridgehead atoms. The Morgan fingerprint density at radius 1 is 1.04 bits per heavy atom. The first-order chi connectivity index (χ1) is 13.8. The lowest BCUT2D eigenvalue weighted by Crippen LogP contribution is -2.40. The molecule has 0 spiro atoms. The lowest BCUT2D eigenvalue weighted by Gasteiger charge is -2.19. The van der Waals surface area contributed by atoms with Crippen LogP contribution in [0.2, 0.25) is 0 Å². The molecule has 0 unspecified atom stereocenters. The second kappa shape index (κ2) is 8.95. The average Bonchev–Trinajstić information content (AvgIpc) is 3.35. The number of amidine groups is 1. The van der Waals surface area contributed by atoms with Crippen molar-refractivity contribution in [3.63, 3.8) is 0 Å². The minimum atomic E-state index is 0.723. The Bertz CT molecular complexity index is 937. The van der Waals surface area contributed by atoms with Crippen LogP contribution in [0.3, 0.4) is 0 Å². The number of aryl methyl sites for hydroxylation is 2. The molecule has 0 saturated carbocycles. The Balaban J connectivity index is 1.37. The molecule has 2 heterocycles. The first kappa shape index (κ1) is 18.6. The number of hydrazine groups is 2. The van der Waals surface area contributed by atoms with Crippen molar-refractivity contribution in [2.24, 2.45) is 5.10 Å². The molecule has 0 radical (unpaired) electrons. The van der Waals surface area contributed by atoms with E-state index in [2.05, 4.69) is 87.9 Å². The van der Waals surface area contributed by atoms with Gasteiger partial charge in [-0.05, 0) is 30.2 Å². The fourth-order valence-corrected chi connectivity index (χ4v) is 4.12. The molecule has 0 aliphatic carbocycles. The number of rotatable bonds is 8. The molecule has 4 rings (SSSR count). The van der Waals surface area contributed by atoms with E-state index in [-0.39, 0.29) is 0 Å². The number of thioether (sulfide) groups is 1. The quantitative estimate of drug-likeness (QED) is 0.513. The predicted octanol–water partition coefficient (Wildman–Crippen LogP) is 3.38. The Morgan fingerprint density at radius 3 is 2.75 bits per heavy atom. The van der Waals surface area contributed by atoms with Gasteiger partial charge in [0.2, 0.25) is 0 Å². The number of H-pyrrole nitrogens is 1. The summed E-state index contributed by atoms with van der Waals surface area (Å²) >= 11 is 1.93. The molecular weight excluding hydrogens is 368 g/mol. The van der Waals surface area contributed by atoms with Gasteiger partial charge in [-0.2, -0.15) is 16.9 Å². The number of benzene rings is 2. The van der Waals surface area contributed by atoms with Crippen molar-refractivity contribution in [3.05, 3.63) is 88.7 Å². The van der Waals surface area contributed by atoms with Crippen molar-refractivity contribution < 1.29 is 0 Å². The zero-order valence-corrected chi connectivity index (χ0v) is 16.7. The molecule has 2 aromatic carbocycles. The largest absolute Gasteiger partial charge is 0.282 e. The number of nitrogens with zero attached hydrogens (tertiary/aromatic N) is 3. The molecule has 1 aromatic heterocycles. The minimum Gasteiger partial charge on any atom is -0.282 e. The normalized spacial score (nSPS) is 13.5. The summed E-state index contributed by atoms with van der Waals surface area (Å²) in [6.45, 7) is 2.83. The van der Waals surface area contributed by atoms with Gasteiger partial charge < -0.3 is 0 Å². The SMILES string of the molecule is Cc1cccc(CN2NNN=C2c2cn[nH]c2CCSCc2ccccc2)c1. The van der Waals surface area contributed by atoms with E-state index < -0.39 is 0 Å². The number of hydrazone groups is 1. The van der Waals surface area contributed by atoms with Crippen molar-refractivity contribution in [1.82, 2.24) is 26.3 Å². The molecular formula is C21H24N6S. The molecule has 0 fully saturated rings. The first-order valence-corrected chi connectivity index (χ1v) is 10.5. The average molecular weight is 393 g/mol. The molecule has 6 nitrogen and oxygen atoms in total. The van der Waals surface area contributed by atoms with E-state index >= 15 is 0 Å². The zero-order valence-electron chi connectivity index (χ0n) is 15.9. The van der Waals surface area contributed by atoms with Gasteiger partial charge in [0.25, 0.3) is 0 Å². The van der Waals surface area contributed by atoms with Crippen LogP contribution < -0.4 is 11.1 Å². The lowest BCUT2D eigenvalue weighted by atomic mass is 10.1.